The third-order valence-electron chi connectivity index (χ3n) is 5.11. The maximum Gasteiger partial charge on any atom is 0.331 e. The second kappa shape index (κ2) is 9.84. The number of hydrogen-bond donors (Lipinski definition) is 0. The first-order valence-electron chi connectivity index (χ1n) is 10.4. The normalized spacial score (nSPS) is 14.6. The Kier molecular flexibility index (Phi) is 6.52. The molecule has 1 atom stereocenters. The molecule has 3 aromatic rings. The van der Waals surface area contributed by atoms with Gasteiger partial charge in [0, 0.05) is 24.7 Å². The third-order valence-corrected chi connectivity index (χ3v) is 5.11. The summed E-state index contributed by atoms with van der Waals surface area (Å²) in [6.45, 7) is 1.98. The zero-order valence-electron chi connectivity index (χ0n) is 17.1. The number of rotatable bonds is 7. The predicted octanol–water partition coefficient (Wildman–Crippen LogP) is 3.25. The fraction of sp³-hybridized carbons (Fsp3) is 0.250. The van der Waals surface area contributed by atoms with Crippen LogP contribution in [0.3, 0.4) is 0 Å². The van der Waals surface area contributed by atoms with E-state index < -0.39 is 12.1 Å². The van der Waals surface area contributed by atoms with Crippen molar-refractivity contribution in [3.8, 4) is 0 Å². The maximum absolute atomic E-state index is 12.9. The van der Waals surface area contributed by atoms with Crippen molar-refractivity contribution < 1.29 is 14.3 Å². The first kappa shape index (κ1) is 20.5. The average Bonchev–Trinajstić information content (AvgIpc) is 3.49. The van der Waals surface area contributed by atoms with E-state index in [0.29, 0.717) is 30.9 Å². The first-order chi connectivity index (χ1) is 15.2. The van der Waals surface area contributed by atoms with Gasteiger partial charge in [0.25, 0.3) is 5.91 Å². The molecule has 31 heavy (non-hydrogen) atoms. The molecule has 7 nitrogen and oxygen atoms in total. The number of hydrogen-bond acceptors (Lipinski definition) is 5. The molecule has 0 saturated carbocycles. The number of aromatic nitrogens is 3. The van der Waals surface area contributed by atoms with Crippen LogP contribution in [-0.2, 0) is 20.9 Å². The van der Waals surface area contributed by atoms with Crippen molar-refractivity contribution in [2.24, 2.45) is 0 Å². The van der Waals surface area contributed by atoms with Gasteiger partial charge in [-0.25, -0.2) is 9.48 Å². The minimum absolute atomic E-state index is 0.181. The van der Waals surface area contributed by atoms with Crippen LogP contribution in [0.4, 0.5) is 0 Å². The van der Waals surface area contributed by atoms with Crippen LogP contribution in [-0.4, -0.2) is 44.9 Å². The predicted molar refractivity (Wildman–Crippen MR) is 116 cm³/mol. The lowest BCUT2D eigenvalue weighted by Gasteiger charge is -2.23. The number of ether oxygens (including phenoxy) is 1. The number of benzene rings is 2. The maximum atomic E-state index is 12.9. The van der Waals surface area contributed by atoms with Gasteiger partial charge in [-0.3, -0.25) is 4.79 Å². The molecule has 0 radical (unpaired) electrons. The topological polar surface area (TPSA) is 77.3 Å². The smallest absolute Gasteiger partial charge is 0.331 e. The Morgan fingerprint density at radius 3 is 2.39 bits per heavy atom. The van der Waals surface area contributed by atoms with Crippen LogP contribution in [0, 0.1) is 0 Å². The Morgan fingerprint density at radius 1 is 1.00 bits per heavy atom. The molecule has 0 spiro atoms. The van der Waals surface area contributed by atoms with Crippen LogP contribution in [0.1, 0.15) is 35.8 Å². The molecule has 0 bridgehead atoms. The Morgan fingerprint density at radius 2 is 1.68 bits per heavy atom. The molecule has 2 heterocycles. The van der Waals surface area contributed by atoms with Crippen LogP contribution in [0.2, 0.25) is 0 Å². The van der Waals surface area contributed by atoms with Gasteiger partial charge in [0.2, 0.25) is 6.10 Å². The summed E-state index contributed by atoms with van der Waals surface area (Å²) in [6.07, 6.45) is 5.56. The van der Waals surface area contributed by atoms with Crippen molar-refractivity contribution >= 4 is 18.0 Å². The number of nitrogens with zero attached hydrogens (tertiary/aromatic N) is 4. The van der Waals surface area contributed by atoms with E-state index in [4.69, 9.17) is 4.74 Å². The molecule has 0 N–H and O–H groups in total. The van der Waals surface area contributed by atoms with Gasteiger partial charge in [-0.1, -0.05) is 65.9 Å². The van der Waals surface area contributed by atoms with Crippen LogP contribution in [0.5, 0.6) is 0 Å². The number of esters is 1. The molecule has 2 aromatic carbocycles. The number of carbonyl (C=O) groups excluding carboxylic acids is 2. The average molecular weight is 416 g/mol. The van der Waals surface area contributed by atoms with E-state index in [1.54, 1.807) is 34.0 Å². The van der Waals surface area contributed by atoms with E-state index in [9.17, 15) is 9.59 Å². The van der Waals surface area contributed by atoms with Crippen molar-refractivity contribution in [2.45, 2.75) is 25.5 Å². The highest BCUT2D eigenvalue weighted by atomic mass is 16.5. The number of carbonyl (C=O) groups is 2. The zero-order chi connectivity index (χ0) is 21.5. The Labute approximate surface area is 180 Å². The highest BCUT2D eigenvalue weighted by Crippen LogP contribution is 2.23. The highest BCUT2D eigenvalue weighted by molar-refractivity contribution is 5.90. The van der Waals surface area contributed by atoms with Crippen LogP contribution in [0.15, 0.2) is 72.9 Å². The molecule has 1 amide bonds. The quantitative estimate of drug-likeness (QED) is 0.436. The summed E-state index contributed by atoms with van der Waals surface area (Å²) in [5, 5.41) is 8.14. The molecule has 4 rings (SSSR count). The van der Waals surface area contributed by atoms with Gasteiger partial charge in [0.1, 0.15) is 5.69 Å². The molecule has 0 aliphatic carbocycles. The van der Waals surface area contributed by atoms with E-state index >= 15 is 0 Å². The Balaban J connectivity index is 1.41. The summed E-state index contributed by atoms with van der Waals surface area (Å²) in [6, 6.07) is 19.0. The van der Waals surface area contributed by atoms with Gasteiger partial charge >= 0.3 is 5.97 Å². The molecule has 1 saturated heterocycles. The molecule has 0 unspecified atom stereocenters. The summed E-state index contributed by atoms with van der Waals surface area (Å²) in [5.74, 6) is -0.779. The monoisotopic (exact) mass is 416 g/mol. The van der Waals surface area contributed by atoms with Crippen LogP contribution < -0.4 is 0 Å². The zero-order valence-corrected chi connectivity index (χ0v) is 17.1. The molecule has 1 aliphatic heterocycles. The minimum atomic E-state index is -0.954. The molecule has 7 heteroatoms. The molecule has 158 valence electrons. The van der Waals surface area contributed by atoms with E-state index in [-0.39, 0.29) is 5.91 Å². The Bertz CT molecular complexity index is 1040. The molecular weight excluding hydrogens is 392 g/mol. The van der Waals surface area contributed by atoms with Gasteiger partial charge < -0.3 is 9.64 Å². The van der Waals surface area contributed by atoms with E-state index in [1.165, 1.54) is 6.08 Å². The largest absolute Gasteiger partial charge is 0.444 e. The summed E-state index contributed by atoms with van der Waals surface area (Å²) in [5.41, 5.74) is 2.30. The molecule has 1 aromatic heterocycles. The summed E-state index contributed by atoms with van der Waals surface area (Å²) in [7, 11) is 0. The second-order valence-corrected chi connectivity index (χ2v) is 7.42. The molecule has 1 aliphatic rings. The van der Waals surface area contributed by atoms with Crippen molar-refractivity contribution in [2.75, 3.05) is 13.1 Å². The fourth-order valence-electron chi connectivity index (χ4n) is 3.54. The van der Waals surface area contributed by atoms with Crippen molar-refractivity contribution in [1.29, 1.82) is 0 Å². The fourth-order valence-corrected chi connectivity index (χ4v) is 3.54. The van der Waals surface area contributed by atoms with Gasteiger partial charge in [0.15, 0.2) is 0 Å². The number of amides is 1. The minimum Gasteiger partial charge on any atom is -0.444 e. The highest BCUT2D eigenvalue weighted by Gasteiger charge is 2.30. The molecular formula is C24H24N4O3. The lowest BCUT2D eigenvalue weighted by atomic mass is 10.1. The van der Waals surface area contributed by atoms with Gasteiger partial charge in [-0.15, -0.1) is 5.10 Å². The summed E-state index contributed by atoms with van der Waals surface area (Å²) in [4.78, 5) is 27.2. The number of likely N-dealkylation sites (tertiary alicyclic amines) is 1. The summed E-state index contributed by atoms with van der Waals surface area (Å²) >= 11 is 0. The van der Waals surface area contributed by atoms with Gasteiger partial charge in [-0.2, -0.15) is 0 Å². The van der Waals surface area contributed by atoms with E-state index in [1.807, 2.05) is 48.5 Å². The van der Waals surface area contributed by atoms with Gasteiger partial charge in [0.05, 0.1) is 12.7 Å². The van der Waals surface area contributed by atoms with Crippen molar-refractivity contribution in [3.63, 3.8) is 0 Å². The standard InChI is InChI=1S/C24H24N4O3/c29-22(14-13-21-18-28(26-25-21)17-19-9-3-1-4-10-19)31-23(20-11-5-2-6-12-20)24(30)27-15-7-8-16-27/h1-6,9-14,18,23H,7-8,15-17H2/b14-13+/t23-/m0/s1. The SMILES string of the molecule is O=C(/C=C/c1cn(Cc2ccccc2)nn1)O[C@H](C(=O)N1CCCC1)c1ccccc1. The van der Waals surface area contributed by atoms with Crippen LogP contribution in [0.25, 0.3) is 6.08 Å². The van der Waals surface area contributed by atoms with Crippen molar-refractivity contribution in [1.82, 2.24) is 19.9 Å². The van der Waals surface area contributed by atoms with Crippen LogP contribution >= 0.6 is 0 Å². The van der Waals surface area contributed by atoms with E-state index in [2.05, 4.69) is 10.3 Å². The summed E-state index contributed by atoms with van der Waals surface area (Å²) < 4.78 is 7.26. The van der Waals surface area contributed by atoms with Gasteiger partial charge in [-0.05, 0) is 24.5 Å². The lowest BCUT2D eigenvalue weighted by molar-refractivity contribution is -0.156. The van der Waals surface area contributed by atoms with Crippen molar-refractivity contribution in [3.05, 3.63) is 89.8 Å². The second-order valence-electron chi connectivity index (χ2n) is 7.42. The third kappa shape index (κ3) is 5.45. The molecule has 1 fully saturated rings. The lowest BCUT2D eigenvalue weighted by Crippen LogP contribution is -2.34. The Hall–Kier alpha value is -3.74. The van der Waals surface area contributed by atoms with E-state index in [0.717, 1.165) is 18.4 Å². The first-order valence-corrected chi connectivity index (χ1v) is 10.4.